The lowest BCUT2D eigenvalue weighted by atomic mass is 10.0. The summed E-state index contributed by atoms with van der Waals surface area (Å²) in [6.45, 7) is 7.17. The number of nitrogens with zero attached hydrogens (tertiary/aromatic N) is 1. The summed E-state index contributed by atoms with van der Waals surface area (Å²) in [5, 5.41) is 13.7. The van der Waals surface area contributed by atoms with Gasteiger partial charge in [0.2, 0.25) is 0 Å². The van der Waals surface area contributed by atoms with E-state index in [1.807, 2.05) is 12.1 Å². The molecule has 1 atom stereocenters. The third kappa shape index (κ3) is 5.13. The van der Waals surface area contributed by atoms with Crippen LogP contribution in [0.1, 0.15) is 48.2 Å². The highest BCUT2D eigenvalue weighted by atomic mass is 16.6. The monoisotopic (exact) mass is 370 g/mol. The molecular formula is C20H22N2O5. The van der Waals surface area contributed by atoms with Crippen molar-refractivity contribution in [1.29, 1.82) is 0 Å². The Labute approximate surface area is 157 Å². The number of rotatable bonds is 6. The first-order valence-electron chi connectivity index (χ1n) is 8.56. The van der Waals surface area contributed by atoms with E-state index in [1.54, 1.807) is 19.1 Å². The zero-order valence-electron chi connectivity index (χ0n) is 15.7. The van der Waals surface area contributed by atoms with Crippen LogP contribution < -0.4 is 5.32 Å². The first kappa shape index (κ1) is 20.1. The van der Waals surface area contributed by atoms with E-state index in [9.17, 15) is 19.7 Å². The second-order valence-electron chi connectivity index (χ2n) is 6.57. The number of anilines is 1. The van der Waals surface area contributed by atoms with Crippen molar-refractivity contribution >= 4 is 23.3 Å². The van der Waals surface area contributed by atoms with Crippen LogP contribution in [0.5, 0.6) is 0 Å². The van der Waals surface area contributed by atoms with Gasteiger partial charge in [0, 0.05) is 17.3 Å². The lowest BCUT2D eigenvalue weighted by molar-refractivity contribution is -0.385. The molecule has 0 saturated heterocycles. The van der Waals surface area contributed by atoms with Crippen molar-refractivity contribution in [2.75, 3.05) is 5.32 Å². The van der Waals surface area contributed by atoms with Crippen molar-refractivity contribution in [3.05, 3.63) is 69.3 Å². The molecule has 142 valence electrons. The molecule has 0 fully saturated rings. The molecule has 0 spiro atoms. The number of hydrogen-bond acceptors (Lipinski definition) is 5. The minimum Gasteiger partial charge on any atom is -0.449 e. The summed E-state index contributed by atoms with van der Waals surface area (Å²) in [6.07, 6.45) is -1.05. The Balaban J connectivity index is 2.02. The van der Waals surface area contributed by atoms with E-state index in [0.717, 1.165) is 11.6 Å². The van der Waals surface area contributed by atoms with Crippen molar-refractivity contribution in [2.24, 2.45) is 0 Å². The normalized spacial score (nSPS) is 11.7. The van der Waals surface area contributed by atoms with Gasteiger partial charge in [0.05, 0.1) is 10.5 Å². The maximum absolute atomic E-state index is 12.2. The molecule has 0 radical (unpaired) electrons. The summed E-state index contributed by atoms with van der Waals surface area (Å²) in [6, 6.07) is 11.4. The molecule has 0 aliphatic carbocycles. The number of aryl methyl sites for hydroxylation is 1. The molecule has 27 heavy (non-hydrogen) atoms. The molecule has 2 aromatic carbocycles. The minimum absolute atomic E-state index is 0.0215. The van der Waals surface area contributed by atoms with Crippen LogP contribution in [-0.4, -0.2) is 22.9 Å². The van der Waals surface area contributed by atoms with Crippen LogP contribution in [0.15, 0.2) is 42.5 Å². The number of benzene rings is 2. The molecule has 0 saturated carbocycles. The lowest BCUT2D eigenvalue weighted by Crippen LogP contribution is -2.30. The molecule has 0 unspecified atom stereocenters. The molecule has 0 aliphatic heterocycles. The van der Waals surface area contributed by atoms with Crippen LogP contribution in [0.4, 0.5) is 11.4 Å². The van der Waals surface area contributed by atoms with Crippen molar-refractivity contribution in [3.8, 4) is 0 Å². The number of nitrogens with one attached hydrogen (secondary N) is 1. The molecule has 0 bridgehead atoms. The number of hydrogen-bond donors (Lipinski definition) is 1. The standard InChI is InChI=1S/C20H22N2O5/c1-12(2)15-7-9-17(10-8-15)21-19(23)14(4)27-20(24)16-6-5-13(3)18(11-16)22(25)26/h5-12,14H,1-4H3,(H,21,23)/t14-/m0/s1. The SMILES string of the molecule is Cc1ccc(C(=O)O[C@@H](C)C(=O)Nc2ccc(C(C)C)cc2)cc1[N+](=O)[O-]. The number of amides is 1. The lowest BCUT2D eigenvalue weighted by Gasteiger charge is -2.14. The van der Waals surface area contributed by atoms with Crippen LogP contribution in [0.2, 0.25) is 0 Å². The van der Waals surface area contributed by atoms with Crippen molar-refractivity contribution < 1.29 is 19.2 Å². The fourth-order valence-corrected chi connectivity index (χ4v) is 2.41. The zero-order valence-corrected chi connectivity index (χ0v) is 15.7. The quantitative estimate of drug-likeness (QED) is 0.466. The predicted octanol–water partition coefficient (Wildman–Crippen LogP) is 4.21. The van der Waals surface area contributed by atoms with Gasteiger partial charge in [0.1, 0.15) is 0 Å². The van der Waals surface area contributed by atoms with Gasteiger partial charge in [-0.1, -0.05) is 32.0 Å². The largest absolute Gasteiger partial charge is 0.449 e. The molecule has 7 heteroatoms. The highest BCUT2D eigenvalue weighted by Gasteiger charge is 2.21. The molecule has 1 N–H and O–H groups in total. The van der Waals surface area contributed by atoms with Gasteiger partial charge in [-0.25, -0.2) is 4.79 Å². The Bertz CT molecular complexity index is 859. The van der Waals surface area contributed by atoms with E-state index in [1.165, 1.54) is 19.1 Å². The number of ether oxygens (including phenoxy) is 1. The van der Waals surface area contributed by atoms with Gasteiger partial charge in [-0.3, -0.25) is 14.9 Å². The molecule has 0 aliphatic rings. The van der Waals surface area contributed by atoms with Crippen LogP contribution >= 0.6 is 0 Å². The highest BCUT2D eigenvalue weighted by Crippen LogP contribution is 2.20. The summed E-state index contributed by atoms with van der Waals surface area (Å²) < 4.78 is 5.13. The van der Waals surface area contributed by atoms with Gasteiger partial charge in [0.25, 0.3) is 11.6 Å². The van der Waals surface area contributed by atoms with Gasteiger partial charge < -0.3 is 10.1 Å². The fraction of sp³-hybridized carbons (Fsp3) is 0.300. The average molecular weight is 370 g/mol. The average Bonchev–Trinajstić information content (AvgIpc) is 2.62. The van der Waals surface area contributed by atoms with E-state index >= 15 is 0 Å². The Morgan fingerprint density at radius 1 is 1.07 bits per heavy atom. The van der Waals surface area contributed by atoms with E-state index in [-0.39, 0.29) is 11.3 Å². The first-order chi connectivity index (χ1) is 12.7. The van der Waals surface area contributed by atoms with Crippen molar-refractivity contribution in [2.45, 2.75) is 39.7 Å². The summed E-state index contributed by atoms with van der Waals surface area (Å²) >= 11 is 0. The third-order valence-corrected chi connectivity index (χ3v) is 4.14. The van der Waals surface area contributed by atoms with E-state index in [2.05, 4.69) is 19.2 Å². The second-order valence-corrected chi connectivity index (χ2v) is 6.57. The Hall–Kier alpha value is -3.22. The van der Waals surface area contributed by atoms with Gasteiger partial charge in [-0.2, -0.15) is 0 Å². The van der Waals surface area contributed by atoms with E-state index in [4.69, 9.17) is 4.74 Å². The van der Waals surface area contributed by atoms with E-state index in [0.29, 0.717) is 17.2 Å². The molecule has 0 heterocycles. The van der Waals surface area contributed by atoms with Gasteiger partial charge >= 0.3 is 5.97 Å². The number of nitro benzene ring substituents is 1. The van der Waals surface area contributed by atoms with Gasteiger partial charge in [-0.15, -0.1) is 0 Å². The Kier molecular flexibility index (Phi) is 6.28. The highest BCUT2D eigenvalue weighted by molar-refractivity contribution is 5.97. The molecule has 7 nitrogen and oxygen atoms in total. The molecule has 2 aromatic rings. The number of nitro groups is 1. The smallest absolute Gasteiger partial charge is 0.339 e. The molecule has 0 aromatic heterocycles. The number of carbonyl (C=O) groups is 2. The summed E-state index contributed by atoms with van der Waals surface area (Å²) in [5.41, 5.74) is 2.03. The van der Waals surface area contributed by atoms with Crippen molar-refractivity contribution in [1.82, 2.24) is 0 Å². The van der Waals surface area contributed by atoms with Gasteiger partial charge in [-0.05, 0) is 43.5 Å². The predicted molar refractivity (Wildman–Crippen MR) is 102 cm³/mol. The summed E-state index contributed by atoms with van der Waals surface area (Å²) in [7, 11) is 0. The maximum Gasteiger partial charge on any atom is 0.339 e. The first-order valence-corrected chi connectivity index (χ1v) is 8.56. The summed E-state index contributed by atoms with van der Waals surface area (Å²) in [5.74, 6) is -0.897. The number of carbonyl (C=O) groups excluding carboxylic acids is 2. The molecule has 2 rings (SSSR count). The van der Waals surface area contributed by atoms with Crippen LogP contribution in [0.25, 0.3) is 0 Å². The van der Waals surface area contributed by atoms with Crippen molar-refractivity contribution in [3.63, 3.8) is 0 Å². The minimum atomic E-state index is -1.05. The third-order valence-electron chi connectivity index (χ3n) is 4.14. The van der Waals surface area contributed by atoms with Crippen LogP contribution in [0.3, 0.4) is 0 Å². The number of esters is 1. The topological polar surface area (TPSA) is 98.5 Å². The Morgan fingerprint density at radius 2 is 1.70 bits per heavy atom. The molecule has 1 amide bonds. The van der Waals surface area contributed by atoms with Gasteiger partial charge in [0.15, 0.2) is 6.10 Å². The zero-order chi connectivity index (χ0) is 20.1. The van der Waals surface area contributed by atoms with Crippen LogP contribution in [-0.2, 0) is 9.53 Å². The maximum atomic E-state index is 12.2. The second kappa shape index (κ2) is 8.44. The summed E-state index contributed by atoms with van der Waals surface area (Å²) in [4.78, 5) is 34.8. The van der Waals surface area contributed by atoms with E-state index < -0.39 is 22.9 Å². The Morgan fingerprint density at radius 3 is 2.26 bits per heavy atom. The fourth-order valence-electron chi connectivity index (χ4n) is 2.41. The molecular weight excluding hydrogens is 348 g/mol. The van der Waals surface area contributed by atoms with Crippen LogP contribution in [0, 0.1) is 17.0 Å².